The number of thiazole rings is 1. The number of aromatic nitrogens is 1. The molecule has 0 radical (unpaired) electrons. The molecule has 0 aliphatic carbocycles. The van der Waals surface area contributed by atoms with Crippen molar-refractivity contribution in [3.8, 4) is 10.9 Å². The van der Waals surface area contributed by atoms with Gasteiger partial charge in [-0.25, -0.2) is 4.98 Å². The van der Waals surface area contributed by atoms with Gasteiger partial charge < -0.3 is 14.4 Å². The zero-order chi connectivity index (χ0) is 24.6. The summed E-state index contributed by atoms with van der Waals surface area (Å²) in [7, 11) is 0. The molecule has 2 saturated heterocycles. The van der Waals surface area contributed by atoms with Gasteiger partial charge in [0.05, 0.1) is 0 Å². The first-order chi connectivity index (χ1) is 17.7. The zero-order valence-electron chi connectivity index (χ0n) is 20.8. The molecule has 7 heteroatoms. The van der Waals surface area contributed by atoms with Gasteiger partial charge in [0.15, 0.2) is 0 Å². The van der Waals surface area contributed by atoms with Gasteiger partial charge in [-0.15, -0.1) is 0 Å². The molecule has 0 bridgehead atoms. The summed E-state index contributed by atoms with van der Waals surface area (Å²) >= 11 is 1.56. The van der Waals surface area contributed by atoms with Crippen molar-refractivity contribution in [1.29, 1.82) is 0 Å². The van der Waals surface area contributed by atoms with Crippen LogP contribution >= 0.6 is 11.3 Å². The van der Waals surface area contributed by atoms with Crippen LogP contribution in [0.2, 0.25) is 0 Å². The quantitative estimate of drug-likeness (QED) is 0.401. The minimum atomic E-state index is 0.272. The van der Waals surface area contributed by atoms with Gasteiger partial charge in [0.2, 0.25) is 5.91 Å². The summed E-state index contributed by atoms with van der Waals surface area (Å²) in [5.74, 6) is 1.13. The Morgan fingerprint density at radius 3 is 2.36 bits per heavy atom. The fourth-order valence-corrected chi connectivity index (χ4v) is 5.70. The maximum absolute atomic E-state index is 12.8. The molecule has 2 aliphatic rings. The number of carbonyl (C=O) groups is 1. The molecule has 36 heavy (non-hydrogen) atoms. The van der Waals surface area contributed by atoms with Crippen LogP contribution < -0.4 is 9.47 Å². The summed E-state index contributed by atoms with van der Waals surface area (Å²) in [6.07, 6.45) is 7.64. The smallest absolute Gasteiger partial charge is 0.273 e. The number of hydrogen-bond donors (Lipinski definition) is 0. The van der Waals surface area contributed by atoms with Crippen LogP contribution in [0.1, 0.15) is 43.2 Å². The van der Waals surface area contributed by atoms with Crippen molar-refractivity contribution in [3.05, 3.63) is 77.3 Å². The second kappa shape index (κ2) is 12.4. The molecule has 1 aromatic heterocycles. The SMILES string of the molecule is O=C(CCc1ccc(OCc2ccccc2)cc1)N1CCC(N2CCC(Oc3nccs3)CC2)CC1. The van der Waals surface area contributed by atoms with E-state index in [9.17, 15) is 4.79 Å². The van der Waals surface area contributed by atoms with E-state index in [1.165, 1.54) is 5.56 Å². The Morgan fingerprint density at radius 2 is 1.67 bits per heavy atom. The first-order valence-corrected chi connectivity index (χ1v) is 13.9. The van der Waals surface area contributed by atoms with Crippen LogP contribution in [0.4, 0.5) is 0 Å². The predicted molar refractivity (Wildman–Crippen MR) is 142 cm³/mol. The number of benzene rings is 2. The molecule has 0 saturated carbocycles. The molecule has 0 unspecified atom stereocenters. The van der Waals surface area contributed by atoms with Crippen molar-refractivity contribution in [2.75, 3.05) is 26.2 Å². The van der Waals surface area contributed by atoms with E-state index in [0.29, 0.717) is 19.1 Å². The summed E-state index contributed by atoms with van der Waals surface area (Å²) < 4.78 is 11.9. The number of rotatable bonds is 9. The lowest BCUT2D eigenvalue weighted by Crippen LogP contribution is -2.50. The van der Waals surface area contributed by atoms with E-state index in [0.717, 1.165) is 74.8 Å². The molecular weight excluding hydrogens is 470 g/mol. The molecule has 0 atom stereocenters. The monoisotopic (exact) mass is 505 g/mol. The van der Waals surface area contributed by atoms with E-state index in [2.05, 4.69) is 39.0 Å². The fourth-order valence-electron chi connectivity index (χ4n) is 5.15. The normalized spacial score (nSPS) is 17.7. The standard InChI is InChI=1S/C29H35N3O3S/c33-28(11-8-23-6-9-26(10-7-23)34-22-24-4-2-1-3-5-24)32-17-12-25(13-18-32)31-19-14-27(15-20-31)35-29-30-16-21-36-29/h1-7,9-10,16,21,25,27H,8,11-15,17-20,22H2. The van der Waals surface area contributed by atoms with Crippen molar-refractivity contribution in [2.45, 2.75) is 57.3 Å². The van der Waals surface area contributed by atoms with Gasteiger partial charge in [0.1, 0.15) is 18.5 Å². The van der Waals surface area contributed by atoms with E-state index < -0.39 is 0 Å². The van der Waals surface area contributed by atoms with Crippen molar-refractivity contribution in [2.24, 2.45) is 0 Å². The minimum absolute atomic E-state index is 0.272. The van der Waals surface area contributed by atoms with Gasteiger partial charge in [-0.3, -0.25) is 9.69 Å². The lowest BCUT2D eigenvalue weighted by Gasteiger charge is -2.41. The van der Waals surface area contributed by atoms with Gasteiger partial charge in [-0.2, -0.15) is 0 Å². The highest BCUT2D eigenvalue weighted by Crippen LogP contribution is 2.25. The van der Waals surface area contributed by atoms with Crippen LogP contribution in [0.25, 0.3) is 0 Å². The molecule has 1 amide bonds. The van der Waals surface area contributed by atoms with E-state index in [1.54, 1.807) is 17.5 Å². The first-order valence-electron chi connectivity index (χ1n) is 13.1. The topological polar surface area (TPSA) is 54.9 Å². The molecule has 3 aromatic rings. The van der Waals surface area contributed by atoms with Gasteiger partial charge in [-0.05, 0) is 55.4 Å². The number of nitrogens with zero attached hydrogens (tertiary/aromatic N) is 3. The average molecular weight is 506 g/mol. The molecule has 2 fully saturated rings. The van der Waals surface area contributed by atoms with Crippen molar-refractivity contribution >= 4 is 17.2 Å². The highest BCUT2D eigenvalue weighted by atomic mass is 32.1. The van der Waals surface area contributed by atoms with Crippen LogP contribution in [-0.4, -0.2) is 59.0 Å². The Hall–Kier alpha value is -2.90. The number of carbonyl (C=O) groups excluding carboxylic acids is 1. The van der Waals surface area contributed by atoms with Gasteiger partial charge in [0.25, 0.3) is 5.19 Å². The first kappa shape index (κ1) is 24.8. The van der Waals surface area contributed by atoms with Crippen LogP contribution in [0.5, 0.6) is 10.9 Å². The predicted octanol–water partition coefficient (Wildman–Crippen LogP) is 5.19. The number of piperidine rings is 2. The maximum Gasteiger partial charge on any atom is 0.273 e. The number of likely N-dealkylation sites (tertiary alicyclic amines) is 2. The fraction of sp³-hybridized carbons (Fsp3) is 0.448. The molecule has 5 rings (SSSR count). The third-order valence-electron chi connectivity index (χ3n) is 7.29. The summed E-state index contributed by atoms with van der Waals surface area (Å²) in [5.41, 5.74) is 2.33. The van der Waals surface area contributed by atoms with E-state index in [1.807, 2.05) is 35.7 Å². The van der Waals surface area contributed by atoms with Gasteiger partial charge in [0, 0.05) is 50.2 Å². The second-order valence-corrected chi connectivity index (χ2v) is 10.5. The van der Waals surface area contributed by atoms with Crippen molar-refractivity contribution in [1.82, 2.24) is 14.8 Å². The molecule has 0 spiro atoms. The van der Waals surface area contributed by atoms with Gasteiger partial charge in [-0.1, -0.05) is 53.8 Å². The summed E-state index contributed by atoms with van der Waals surface area (Å²) in [4.78, 5) is 21.7. The second-order valence-electron chi connectivity index (χ2n) is 9.68. The summed E-state index contributed by atoms with van der Waals surface area (Å²) in [6, 6.07) is 18.9. The third kappa shape index (κ3) is 6.86. The lowest BCUT2D eigenvalue weighted by atomic mass is 9.98. The van der Waals surface area contributed by atoms with Gasteiger partial charge >= 0.3 is 0 Å². The van der Waals surface area contributed by atoms with Crippen LogP contribution in [0.3, 0.4) is 0 Å². The van der Waals surface area contributed by atoms with Crippen LogP contribution in [-0.2, 0) is 17.8 Å². The summed E-state index contributed by atoms with van der Waals surface area (Å²) in [5, 5.41) is 2.74. The molecule has 6 nitrogen and oxygen atoms in total. The Bertz CT molecular complexity index is 1060. The average Bonchev–Trinajstić information content (AvgIpc) is 3.45. The highest BCUT2D eigenvalue weighted by molar-refractivity contribution is 7.11. The Labute approximate surface area is 217 Å². The summed E-state index contributed by atoms with van der Waals surface area (Å²) in [6.45, 7) is 4.43. The molecule has 2 aromatic carbocycles. The molecule has 3 heterocycles. The number of aryl methyl sites for hydroxylation is 1. The Kier molecular flexibility index (Phi) is 8.51. The lowest BCUT2D eigenvalue weighted by molar-refractivity contribution is -0.132. The number of ether oxygens (including phenoxy) is 2. The van der Waals surface area contributed by atoms with Crippen molar-refractivity contribution < 1.29 is 14.3 Å². The van der Waals surface area contributed by atoms with E-state index >= 15 is 0 Å². The number of amides is 1. The largest absolute Gasteiger partial charge is 0.489 e. The number of hydrogen-bond acceptors (Lipinski definition) is 6. The Morgan fingerprint density at radius 1 is 0.917 bits per heavy atom. The third-order valence-corrected chi connectivity index (χ3v) is 7.95. The van der Waals surface area contributed by atoms with Crippen molar-refractivity contribution in [3.63, 3.8) is 0 Å². The molecule has 0 N–H and O–H groups in total. The van der Waals surface area contributed by atoms with Crippen LogP contribution in [0, 0.1) is 0 Å². The molecular formula is C29H35N3O3S. The zero-order valence-corrected chi connectivity index (χ0v) is 21.6. The molecule has 2 aliphatic heterocycles. The van der Waals surface area contributed by atoms with E-state index in [-0.39, 0.29) is 12.0 Å². The van der Waals surface area contributed by atoms with Crippen LogP contribution in [0.15, 0.2) is 66.2 Å². The maximum atomic E-state index is 12.8. The van der Waals surface area contributed by atoms with E-state index in [4.69, 9.17) is 9.47 Å². The minimum Gasteiger partial charge on any atom is -0.489 e. The highest BCUT2D eigenvalue weighted by Gasteiger charge is 2.30. The Balaban J connectivity index is 0.992. The molecule has 190 valence electrons.